The third-order valence-electron chi connectivity index (χ3n) is 5.68. The van der Waals surface area contributed by atoms with Crippen molar-refractivity contribution in [1.82, 2.24) is 0 Å². The number of fused-ring (bicyclic) bond motifs is 3. The molecule has 0 spiro atoms. The fraction of sp³-hybridized carbons (Fsp3) is 0.333. The Balaban J connectivity index is 1.76. The van der Waals surface area contributed by atoms with Crippen molar-refractivity contribution >= 4 is 28.2 Å². The topological polar surface area (TPSA) is 0 Å². The molecule has 0 amide bonds. The van der Waals surface area contributed by atoms with Crippen LogP contribution in [-0.2, 0) is 0 Å². The van der Waals surface area contributed by atoms with E-state index in [4.69, 9.17) is 0 Å². The van der Waals surface area contributed by atoms with E-state index in [0.717, 1.165) is 0 Å². The lowest BCUT2D eigenvalue weighted by Crippen LogP contribution is -2.22. The molecule has 1 heteroatoms. The van der Waals surface area contributed by atoms with Crippen molar-refractivity contribution < 1.29 is 0 Å². The van der Waals surface area contributed by atoms with Crippen molar-refractivity contribution in [2.45, 2.75) is 20.3 Å². The molecule has 1 fully saturated rings. The van der Waals surface area contributed by atoms with Crippen molar-refractivity contribution in [3.05, 3.63) is 75.4 Å². The highest BCUT2D eigenvalue weighted by Crippen LogP contribution is 2.59. The SMILES string of the molecule is CC1(C)C2=CC(I)=CCC2C2C=CC(c3ccccc3)=CC21. The summed E-state index contributed by atoms with van der Waals surface area (Å²) in [5.41, 5.74) is 4.64. The predicted molar refractivity (Wildman–Crippen MR) is 103 cm³/mol. The van der Waals surface area contributed by atoms with Crippen LogP contribution in [0.1, 0.15) is 25.8 Å². The van der Waals surface area contributed by atoms with Gasteiger partial charge in [0.15, 0.2) is 0 Å². The minimum atomic E-state index is 0.255. The third kappa shape index (κ3) is 2.17. The Labute approximate surface area is 146 Å². The monoisotopic (exact) mass is 400 g/mol. The zero-order chi connectivity index (χ0) is 15.3. The highest BCUT2D eigenvalue weighted by atomic mass is 127. The maximum atomic E-state index is 2.53. The van der Waals surface area contributed by atoms with Crippen LogP contribution in [0.15, 0.2) is 69.9 Å². The maximum Gasteiger partial charge on any atom is 0.00900 e. The number of rotatable bonds is 1. The normalized spacial score (nSPS) is 31.8. The van der Waals surface area contributed by atoms with Crippen LogP contribution in [-0.4, -0.2) is 0 Å². The van der Waals surface area contributed by atoms with Crippen LogP contribution in [0.3, 0.4) is 0 Å². The van der Waals surface area contributed by atoms with Gasteiger partial charge in [-0.1, -0.05) is 74.1 Å². The second-order valence-corrected chi connectivity index (χ2v) is 8.45. The summed E-state index contributed by atoms with van der Waals surface area (Å²) in [6.45, 7) is 4.87. The summed E-state index contributed by atoms with van der Waals surface area (Å²) in [5, 5.41) is 0. The van der Waals surface area contributed by atoms with E-state index in [1.807, 2.05) is 0 Å². The first-order valence-corrected chi connectivity index (χ1v) is 9.18. The van der Waals surface area contributed by atoms with Gasteiger partial charge in [0, 0.05) is 3.58 Å². The van der Waals surface area contributed by atoms with E-state index in [1.165, 1.54) is 21.1 Å². The van der Waals surface area contributed by atoms with Gasteiger partial charge in [-0.05, 0) is 69.4 Å². The molecular formula is C21H21I. The zero-order valence-corrected chi connectivity index (χ0v) is 15.2. The average Bonchev–Trinajstić information content (AvgIpc) is 2.76. The molecule has 3 unspecified atom stereocenters. The molecule has 0 bridgehead atoms. The van der Waals surface area contributed by atoms with Crippen LogP contribution in [0.25, 0.3) is 5.57 Å². The summed E-state index contributed by atoms with van der Waals surface area (Å²) in [4.78, 5) is 0. The first kappa shape index (κ1) is 14.5. The standard InChI is InChI=1S/C21H21I/c1-21(2)19-12-15(14-6-4-3-5-7-14)8-10-17(19)18-11-9-16(22)13-20(18)21/h3-10,12-13,17-19H,11H2,1-2H3. The Morgan fingerprint density at radius 3 is 2.68 bits per heavy atom. The smallest absolute Gasteiger partial charge is 0.00900 e. The lowest BCUT2D eigenvalue weighted by Gasteiger charge is -2.30. The van der Waals surface area contributed by atoms with Crippen LogP contribution in [0, 0.1) is 23.2 Å². The van der Waals surface area contributed by atoms with Crippen LogP contribution in [0.5, 0.6) is 0 Å². The van der Waals surface area contributed by atoms with Crippen molar-refractivity contribution in [2.75, 3.05) is 0 Å². The molecular weight excluding hydrogens is 379 g/mol. The van der Waals surface area contributed by atoms with Crippen molar-refractivity contribution in [1.29, 1.82) is 0 Å². The molecule has 1 aromatic rings. The van der Waals surface area contributed by atoms with Gasteiger partial charge in [0.25, 0.3) is 0 Å². The minimum Gasteiger partial charge on any atom is -0.0796 e. The lowest BCUT2D eigenvalue weighted by molar-refractivity contribution is 0.322. The first-order valence-electron chi connectivity index (χ1n) is 8.10. The van der Waals surface area contributed by atoms with E-state index in [-0.39, 0.29) is 5.41 Å². The van der Waals surface area contributed by atoms with Gasteiger partial charge in [0.1, 0.15) is 0 Å². The predicted octanol–water partition coefficient (Wildman–Crippen LogP) is 6.18. The number of benzene rings is 1. The van der Waals surface area contributed by atoms with Gasteiger partial charge < -0.3 is 0 Å². The van der Waals surface area contributed by atoms with Crippen molar-refractivity contribution in [3.8, 4) is 0 Å². The molecule has 1 saturated carbocycles. The Kier molecular flexibility index (Phi) is 3.44. The van der Waals surface area contributed by atoms with E-state index in [2.05, 4.69) is 97.2 Å². The second kappa shape index (κ2) is 5.23. The van der Waals surface area contributed by atoms with E-state index in [1.54, 1.807) is 5.57 Å². The van der Waals surface area contributed by atoms with E-state index in [9.17, 15) is 0 Å². The average molecular weight is 400 g/mol. The molecule has 4 rings (SSSR count). The summed E-state index contributed by atoms with van der Waals surface area (Å²) in [6.07, 6.45) is 13.4. The fourth-order valence-electron chi connectivity index (χ4n) is 4.49. The molecule has 3 aliphatic carbocycles. The second-order valence-electron chi connectivity index (χ2n) is 7.20. The largest absolute Gasteiger partial charge is 0.0796 e. The molecule has 0 aliphatic heterocycles. The Morgan fingerprint density at radius 1 is 1.14 bits per heavy atom. The van der Waals surface area contributed by atoms with E-state index < -0.39 is 0 Å². The zero-order valence-electron chi connectivity index (χ0n) is 13.1. The molecule has 0 nitrogen and oxygen atoms in total. The Hall–Kier alpha value is -1.09. The summed E-state index contributed by atoms with van der Waals surface area (Å²) >= 11 is 2.47. The van der Waals surface area contributed by atoms with Gasteiger partial charge in [-0.3, -0.25) is 0 Å². The van der Waals surface area contributed by atoms with Crippen LogP contribution >= 0.6 is 22.6 Å². The molecule has 112 valence electrons. The first-order chi connectivity index (χ1) is 10.6. The third-order valence-corrected chi connectivity index (χ3v) is 6.43. The van der Waals surface area contributed by atoms with Crippen molar-refractivity contribution in [2.24, 2.45) is 23.2 Å². The molecule has 0 heterocycles. The number of allylic oxidation sites excluding steroid dienone is 8. The van der Waals surface area contributed by atoms with Crippen LogP contribution in [0.2, 0.25) is 0 Å². The van der Waals surface area contributed by atoms with Gasteiger partial charge in [-0.25, -0.2) is 0 Å². The molecule has 0 N–H and O–H groups in total. The van der Waals surface area contributed by atoms with E-state index >= 15 is 0 Å². The molecule has 0 aromatic heterocycles. The van der Waals surface area contributed by atoms with Gasteiger partial charge in [0.2, 0.25) is 0 Å². The molecule has 3 atom stereocenters. The lowest BCUT2D eigenvalue weighted by atomic mass is 9.73. The van der Waals surface area contributed by atoms with Gasteiger partial charge in [-0.15, -0.1) is 0 Å². The molecule has 3 aliphatic rings. The summed E-state index contributed by atoms with van der Waals surface area (Å²) in [6, 6.07) is 10.8. The maximum absolute atomic E-state index is 2.53. The summed E-state index contributed by atoms with van der Waals surface area (Å²) in [5.74, 6) is 1.97. The van der Waals surface area contributed by atoms with Crippen molar-refractivity contribution in [3.63, 3.8) is 0 Å². The highest BCUT2D eigenvalue weighted by Gasteiger charge is 2.50. The van der Waals surface area contributed by atoms with Crippen LogP contribution in [0.4, 0.5) is 0 Å². The number of halogens is 1. The summed E-state index contributed by atoms with van der Waals surface area (Å²) in [7, 11) is 0. The Morgan fingerprint density at radius 2 is 1.91 bits per heavy atom. The Bertz CT molecular complexity index is 716. The summed E-state index contributed by atoms with van der Waals surface area (Å²) < 4.78 is 1.41. The fourth-order valence-corrected chi connectivity index (χ4v) is 5.08. The molecule has 0 saturated heterocycles. The van der Waals surface area contributed by atoms with E-state index in [0.29, 0.717) is 17.8 Å². The molecule has 22 heavy (non-hydrogen) atoms. The minimum absolute atomic E-state index is 0.255. The molecule has 0 radical (unpaired) electrons. The molecule has 1 aromatic carbocycles. The quantitative estimate of drug-likeness (QED) is 0.494. The number of hydrogen-bond acceptors (Lipinski definition) is 0. The number of hydrogen-bond donors (Lipinski definition) is 0. The van der Waals surface area contributed by atoms with Gasteiger partial charge in [-0.2, -0.15) is 0 Å². The highest BCUT2D eigenvalue weighted by molar-refractivity contribution is 14.1. The van der Waals surface area contributed by atoms with Crippen LogP contribution < -0.4 is 0 Å². The van der Waals surface area contributed by atoms with Gasteiger partial charge >= 0.3 is 0 Å². The van der Waals surface area contributed by atoms with Gasteiger partial charge in [0.05, 0.1) is 0 Å².